The number of methoxy groups -OCH3 is 1. The molecule has 296 valence electrons. The number of likely N-dealkylation sites (tertiary alicyclic amines) is 2. The number of fused-ring (bicyclic) bond motifs is 2. The number of nitrogens with zero attached hydrogens (tertiary/aromatic N) is 6. The van der Waals surface area contributed by atoms with Gasteiger partial charge >= 0.3 is 18.1 Å². The van der Waals surface area contributed by atoms with Crippen LogP contribution in [0.15, 0.2) is 36.4 Å². The molecule has 0 radical (unpaired) electrons. The molecule has 7 rings (SSSR count). The number of imidazole rings is 1. The molecule has 0 aliphatic carbocycles. The van der Waals surface area contributed by atoms with Crippen LogP contribution in [0.1, 0.15) is 49.3 Å². The Hall–Kier alpha value is -4.89. The Balaban J connectivity index is 0.980. The van der Waals surface area contributed by atoms with E-state index in [0.29, 0.717) is 70.8 Å². The Morgan fingerprint density at radius 2 is 1.62 bits per heavy atom. The molecule has 0 unspecified atom stereocenters. The van der Waals surface area contributed by atoms with Gasteiger partial charge in [-0.15, -0.1) is 0 Å². The molecule has 4 amide bonds. The molecule has 0 bridgehead atoms. The van der Waals surface area contributed by atoms with E-state index < -0.39 is 12.2 Å². The molecule has 3 aromatic rings. The number of ether oxygens (including phenoxy) is 3. The van der Waals surface area contributed by atoms with E-state index in [0.717, 1.165) is 78.9 Å². The summed E-state index contributed by atoms with van der Waals surface area (Å²) in [6.45, 7) is 10.5. The number of piperidine rings is 2. The van der Waals surface area contributed by atoms with Crippen molar-refractivity contribution in [2.24, 2.45) is 0 Å². The number of hydrogen-bond donors (Lipinski definition) is 2. The number of H-pyrrole nitrogens is 1. The molecule has 3 saturated heterocycles. The van der Waals surface area contributed by atoms with E-state index in [1.54, 1.807) is 12.0 Å². The van der Waals surface area contributed by atoms with Crippen molar-refractivity contribution in [3.63, 3.8) is 0 Å². The maximum Gasteiger partial charge on any atom is 0.410 e. The van der Waals surface area contributed by atoms with Crippen LogP contribution >= 0.6 is 0 Å². The highest BCUT2D eigenvalue weighted by molar-refractivity contribution is 5.91. The molecule has 0 saturated carbocycles. The van der Waals surface area contributed by atoms with Crippen LogP contribution in [0.3, 0.4) is 0 Å². The highest BCUT2D eigenvalue weighted by Crippen LogP contribution is 2.27. The first-order chi connectivity index (χ1) is 26.7. The van der Waals surface area contributed by atoms with Crippen molar-refractivity contribution in [2.45, 2.75) is 70.6 Å². The Morgan fingerprint density at radius 1 is 0.909 bits per heavy atom. The number of rotatable bonds is 10. The number of nitrogens with one attached hydrogen (secondary N) is 2. The molecule has 2 N–H and O–H groups in total. The van der Waals surface area contributed by atoms with Crippen molar-refractivity contribution in [3.05, 3.63) is 53.1 Å². The smallest absolute Gasteiger partial charge is 0.410 e. The first kappa shape index (κ1) is 38.4. The summed E-state index contributed by atoms with van der Waals surface area (Å²) >= 11 is 0. The zero-order chi connectivity index (χ0) is 38.5. The molecule has 1 atom stereocenters. The van der Waals surface area contributed by atoms with Crippen LogP contribution in [0.25, 0.3) is 11.0 Å². The average Bonchev–Trinajstić information content (AvgIpc) is 3.55. The Kier molecular flexibility index (Phi) is 12.1. The Morgan fingerprint density at radius 3 is 2.35 bits per heavy atom. The van der Waals surface area contributed by atoms with Crippen LogP contribution < -0.4 is 10.1 Å². The van der Waals surface area contributed by atoms with E-state index in [2.05, 4.69) is 25.1 Å². The molecule has 5 heterocycles. The average molecular weight is 759 g/mol. The monoisotopic (exact) mass is 758 g/mol. The van der Waals surface area contributed by atoms with Crippen molar-refractivity contribution < 1.29 is 33.4 Å². The zero-order valence-electron chi connectivity index (χ0n) is 32.3. The molecular weight excluding hydrogens is 704 g/mol. The maximum atomic E-state index is 14.3. The van der Waals surface area contributed by atoms with Crippen molar-refractivity contribution in [1.29, 1.82) is 0 Å². The fourth-order valence-corrected chi connectivity index (χ4v) is 8.57. The number of piperazine rings is 1. The zero-order valence-corrected chi connectivity index (χ0v) is 32.3. The summed E-state index contributed by atoms with van der Waals surface area (Å²) in [5.41, 5.74) is 5.33. The second-order valence-corrected chi connectivity index (χ2v) is 15.1. The second-order valence-electron chi connectivity index (χ2n) is 15.1. The van der Waals surface area contributed by atoms with Gasteiger partial charge in [-0.3, -0.25) is 19.4 Å². The van der Waals surface area contributed by atoms with Gasteiger partial charge in [0, 0.05) is 83.1 Å². The highest BCUT2D eigenvalue weighted by atomic mass is 16.6. The normalized spacial score (nSPS) is 19.8. The summed E-state index contributed by atoms with van der Waals surface area (Å²) < 4.78 is 16.6. The number of benzene rings is 2. The molecule has 2 aromatic carbocycles. The van der Waals surface area contributed by atoms with E-state index in [9.17, 15) is 19.2 Å². The van der Waals surface area contributed by atoms with Gasteiger partial charge in [-0.2, -0.15) is 4.98 Å². The lowest BCUT2D eigenvalue weighted by Crippen LogP contribution is -2.55. The van der Waals surface area contributed by atoms with Crippen molar-refractivity contribution >= 4 is 40.7 Å². The van der Waals surface area contributed by atoms with Gasteiger partial charge < -0.3 is 39.2 Å². The van der Waals surface area contributed by atoms with Crippen LogP contribution in [-0.2, 0) is 31.9 Å². The fraction of sp³-hybridized carbons (Fsp3) is 0.575. The number of urea groups is 1. The van der Waals surface area contributed by atoms with Crippen LogP contribution in [0.5, 0.6) is 6.01 Å². The molecule has 0 spiro atoms. The molecule has 15 nitrogen and oxygen atoms in total. The largest absolute Gasteiger partial charge is 0.468 e. The van der Waals surface area contributed by atoms with Gasteiger partial charge in [-0.05, 0) is 74.8 Å². The van der Waals surface area contributed by atoms with Crippen LogP contribution in [-0.4, -0.2) is 156 Å². The standard InChI is InChI=1S/C40H54N8O7/c1-4-54-35(49)26-44-19-21-45(22-20-44)30-10-14-46(15-11-30)37(50)34(25-28-23-27(2)36-33(24-28)41-38(43-36)53-3)55-40(52)47-16-12-31(13-17-47)48-18-9-29-7-5-6-8-32(29)42-39(48)51/h5-8,23-24,30-31,34H,4,9-22,25-26H2,1-3H3,(H,41,43)(H,42,51)/t34-/m1/s1. The minimum absolute atomic E-state index is 0.00169. The van der Waals surface area contributed by atoms with E-state index in [1.807, 2.05) is 60.0 Å². The van der Waals surface area contributed by atoms with Gasteiger partial charge in [0.1, 0.15) is 0 Å². The third kappa shape index (κ3) is 8.99. The van der Waals surface area contributed by atoms with Crippen LogP contribution in [0.2, 0.25) is 0 Å². The maximum absolute atomic E-state index is 14.3. The number of aryl methyl sites for hydroxylation is 1. The lowest BCUT2D eigenvalue weighted by Gasteiger charge is -2.43. The minimum Gasteiger partial charge on any atom is -0.468 e. The number of aromatic nitrogens is 2. The Labute approximate surface area is 322 Å². The summed E-state index contributed by atoms with van der Waals surface area (Å²) in [5.74, 6) is -0.380. The predicted octanol–water partition coefficient (Wildman–Crippen LogP) is 3.65. The summed E-state index contributed by atoms with van der Waals surface area (Å²) in [4.78, 5) is 71.0. The van der Waals surface area contributed by atoms with E-state index >= 15 is 0 Å². The van der Waals surface area contributed by atoms with Gasteiger partial charge in [0.25, 0.3) is 11.9 Å². The first-order valence-corrected chi connectivity index (χ1v) is 19.7. The van der Waals surface area contributed by atoms with E-state index in [1.165, 1.54) is 0 Å². The highest BCUT2D eigenvalue weighted by Gasteiger charge is 2.37. The molecule has 3 fully saturated rings. The van der Waals surface area contributed by atoms with Gasteiger partial charge in [-0.25, -0.2) is 9.59 Å². The quantitative estimate of drug-likeness (QED) is 0.293. The number of carbonyl (C=O) groups excluding carboxylic acids is 4. The van der Waals surface area contributed by atoms with Gasteiger partial charge in [-0.1, -0.05) is 24.3 Å². The number of esters is 1. The molecule has 55 heavy (non-hydrogen) atoms. The summed E-state index contributed by atoms with van der Waals surface area (Å²) in [7, 11) is 1.56. The predicted molar refractivity (Wildman–Crippen MR) is 206 cm³/mol. The summed E-state index contributed by atoms with van der Waals surface area (Å²) in [5, 5.41) is 3.06. The number of carbonyl (C=O) groups is 4. The molecule has 15 heteroatoms. The van der Waals surface area contributed by atoms with Gasteiger partial charge in [0.15, 0.2) is 6.10 Å². The van der Waals surface area contributed by atoms with Crippen LogP contribution in [0.4, 0.5) is 15.3 Å². The molecular formula is C40H54N8O7. The number of para-hydroxylation sites is 1. The molecule has 1 aromatic heterocycles. The third-order valence-corrected chi connectivity index (χ3v) is 11.6. The lowest BCUT2D eigenvalue weighted by atomic mass is 9.99. The van der Waals surface area contributed by atoms with Gasteiger partial charge in [0.2, 0.25) is 0 Å². The number of hydrogen-bond acceptors (Lipinski definition) is 10. The van der Waals surface area contributed by atoms with E-state index in [-0.39, 0.29) is 30.4 Å². The number of anilines is 1. The first-order valence-electron chi connectivity index (χ1n) is 19.7. The van der Waals surface area contributed by atoms with Crippen molar-refractivity contribution in [2.75, 3.05) is 84.5 Å². The number of amides is 4. The minimum atomic E-state index is -1.01. The fourth-order valence-electron chi connectivity index (χ4n) is 8.57. The van der Waals surface area contributed by atoms with E-state index in [4.69, 9.17) is 14.2 Å². The Bertz CT molecular complexity index is 1840. The molecule has 4 aliphatic heterocycles. The molecule has 4 aliphatic rings. The topological polar surface area (TPSA) is 153 Å². The van der Waals surface area contributed by atoms with Gasteiger partial charge in [0.05, 0.1) is 31.3 Å². The SMILES string of the molecule is CCOC(=O)CN1CCN(C2CCN(C(=O)[C@@H](Cc3cc(C)c4[nH]c(OC)nc4c3)OC(=O)N3CCC(N4CCc5ccccc5NC4=O)CC3)CC2)CC1. The summed E-state index contributed by atoms with van der Waals surface area (Å²) in [6.07, 6.45) is 2.35. The number of aromatic amines is 1. The summed E-state index contributed by atoms with van der Waals surface area (Å²) in [6, 6.07) is 12.4. The van der Waals surface area contributed by atoms with Crippen molar-refractivity contribution in [1.82, 2.24) is 34.5 Å². The van der Waals surface area contributed by atoms with Crippen molar-refractivity contribution in [3.8, 4) is 6.01 Å². The van der Waals surface area contributed by atoms with Crippen LogP contribution in [0, 0.1) is 6.92 Å². The second kappa shape index (κ2) is 17.3. The third-order valence-electron chi connectivity index (χ3n) is 11.6. The lowest BCUT2D eigenvalue weighted by molar-refractivity contribution is -0.145.